The van der Waals surface area contributed by atoms with Crippen LogP contribution >= 0.6 is 15.9 Å². The molecule has 0 atom stereocenters. The molecule has 0 unspecified atom stereocenters. The second-order valence-electron chi connectivity index (χ2n) is 6.69. The van der Waals surface area contributed by atoms with Crippen molar-refractivity contribution in [2.75, 3.05) is 56.0 Å². The van der Waals surface area contributed by atoms with Crippen LogP contribution in [0.15, 0.2) is 22.7 Å². The average molecular weight is 438 g/mol. The van der Waals surface area contributed by atoms with Gasteiger partial charge in [0.15, 0.2) is 0 Å². The summed E-state index contributed by atoms with van der Waals surface area (Å²) in [5.41, 5.74) is 1.32. The molecule has 2 N–H and O–H groups in total. The number of fused-ring (bicyclic) bond motifs is 1. The summed E-state index contributed by atoms with van der Waals surface area (Å²) in [5, 5.41) is 5.67. The molecule has 4 amide bonds. The molecule has 8 nitrogen and oxygen atoms in total. The van der Waals surface area contributed by atoms with Gasteiger partial charge in [0.05, 0.1) is 17.9 Å². The van der Waals surface area contributed by atoms with Crippen LogP contribution in [0.25, 0.3) is 0 Å². The zero-order chi connectivity index (χ0) is 19.4. The molecule has 27 heavy (non-hydrogen) atoms. The van der Waals surface area contributed by atoms with Crippen LogP contribution in [0, 0.1) is 0 Å². The van der Waals surface area contributed by atoms with Crippen molar-refractivity contribution in [3.63, 3.8) is 0 Å². The summed E-state index contributed by atoms with van der Waals surface area (Å²) < 4.78 is 0.839. The number of amides is 4. The molecule has 3 rings (SSSR count). The van der Waals surface area contributed by atoms with Gasteiger partial charge < -0.3 is 15.5 Å². The monoisotopic (exact) mass is 437 g/mol. The quantitative estimate of drug-likeness (QED) is 0.746. The van der Waals surface area contributed by atoms with Crippen molar-refractivity contribution in [1.29, 1.82) is 0 Å². The lowest BCUT2D eigenvalue weighted by Gasteiger charge is -2.38. The summed E-state index contributed by atoms with van der Waals surface area (Å²) in [6.07, 6.45) is 0.912. The van der Waals surface area contributed by atoms with E-state index in [1.54, 1.807) is 11.0 Å². The van der Waals surface area contributed by atoms with E-state index in [1.165, 1.54) is 4.90 Å². The predicted molar refractivity (Wildman–Crippen MR) is 107 cm³/mol. The minimum Gasteiger partial charge on any atom is -0.355 e. The smallest absolute Gasteiger partial charge is 0.325 e. The molecule has 0 bridgehead atoms. The molecule has 0 radical (unpaired) electrons. The van der Waals surface area contributed by atoms with Crippen molar-refractivity contribution >= 4 is 45.2 Å². The number of carbonyl (C=O) groups excluding carboxylic acids is 3. The van der Waals surface area contributed by atoms with Gasteiger partial charge in [-0.15, -0.1) is 0 Å². The molecule has 0 aliphatic carbocycles. The van der Waals surface area contributed by atoms with Crippen molar-refractivity contribution in [3.8, 4) is 0 Å². The highest BCUT2D eigenvalue weighted by molar-refractivity contribution is 9.10. The molecule has 1 aromatic carbocycles. The maximum atomic E-state index is 13.0. The van der Waals surface area contributed by atoms with E-state index in [1.807, 2.05) is 24.0 Å². The Morgan fingerprint density at radius 1 is 1.22 bits per heavy atom. The number of anilines is 2. The van der Waals surface area contributed by atoms with Crippen LogP contribution in [0.3, 0.4) is 0 Å². The summed E-state index contributed by atoms with van der Waals surface area (Å²) in [4.78, 5) is 42.1. The van der Waals surface area contributed by atoms with E-state index in [9.17, 15) is 14.4 Å². The lowest BCUT2D eigenvalue weighted by Crippen LogP contribution is -2.56. The maximum Gasteiger partial charge on any atom is 0.325 e. The van der Waals surface area contributed by atoms with E-state index in [0.29, 0.717) is 50.6 Å². The fraction of sp³-hybridized carbons (Fsp3) is 0.500. The van der Waals surface area contributed by atoms with E-state index in [-0.39, 0.29) is 24.4 Å². The minimum absolute atomic E-state index is 0.00705. The van der Waals surface area contributed by atoms with Crippen molar-refractivity contribution in [2.45, 2.75) is 13.3 Å². The summed E-state index contributed by atoms with van der Waals surface area (Å²) in [6, 6.07) is 5.29. The fourth-order valence-electron chi connectivity index (χ4n) is 3.22. The molecular weight excluding hydrogens is 414 g/mol. The Morgan fingerprint density at radius 2 is 1.96 bits per heavy atom. The normalized spacial score (nSPS) is 17.3. The standard InChI is InChI=1S/C18H24BrN5O3/c1-2-5-20-16(25)11-22-6-8-23(9-7-22)18(27)24-12-17(26)21-14-10-13(19)3-4-15(14)24/h3-4,10H,2,5-9,11-12H2,1H3,(H,20,25)(H,21,26). The van der Waals surface area contributed by atoms with Gasteiger partial charge in [0.1, 0.15) is 6.54 Å². The van der Waals surface area contributed by atoms with Crippen LogP contribution < -0.4 is 15.5 Å². The molecule has 2 aliphatic heterocycles. The third kappa shape index (κ3) is 4.78. The summed E-state index contributed by atoms with van der Waals surface area (Å²) in [7, 11) is 0. The Labute approximate surface area is 167 Å². The van der Waals surface area contributed by atoms with Gasteiger partial charge in [-0.1, -0.05) is 22.9 Å². The summed E-state index contributed by atoms with van der Waals surface area (Å²) >= 11 is 3.38. The van der Waals surface area contributed by atoms with Gasteiger partial charge in [0.25, 0.3) is 0 Å². The number of urea groups is 1. The molecule has 1 aromatic rings. The second-order valence-corrected chi connectivity index (χ2v) is 7.61. The van der Waals surface area contributed by atoms with E-state index in [0.717, 1.165) is 10.9 Å². The van der Waals surface area contributed by atoms with Crippen LogP contribution in [0.5, 0.6) is 0 Å². The van der Waals surface area contributed by atoms with Crippen molar-refractivity contribution < 1.29 is 14.4 Å². The number of hydrogen-bond acceptors (Lipinski definition) is 4. The van der Waals surface area contributed by atoms with E-state index in [4.69, 9.17) is 0 Å². The first-order chi connectivity index (χ1) is 13.0. The summed E-state index contributed by atoms with van der Waals surface area (Å²) in [6.45, 7) is 5.40. The number of rotatable bonds is 4. The van der Waals surface area contributed by atoms with Gasteiger partial charge in [-0.25, -0.2) is 4.79 Å². The molecule has 1 saturated heterocycles. The molecule has 0 saturated carbocycles. The lowest BCUT2D eigenvalue weighted by atomic mass is 10.2. The number of carbonyl (C=O) groups is 3. The minimum atomic E-state index is -0.208. The maximum absolute atomic E-state index is 13.0. The first-order valence-electron chi connectivity index (χ1n) is 9.13. The molecular formula is C18H24BrN5O3. The highest BCUT2D eigenvalue weighted by Crippen LogP contribution is 2.32. The van der Waals surface area contributed by atoms with Crippen LogP contribution in [0.2, 0.25) is 0 Å². The van der Waals surface area contributed by atoms with Gasteiger partial charge in [-0.2, -0.15) is 0 Å². The number of nitrogens with one attached hydrogen (secondary N) is 2. The highest BCUT2D eigenvalue weighted by atomic mass is 79.9. The fourth-order valence-corrected chi connectivity index (χ4v) is 3.59. The number of halogens is 1. The van der Waals surface area contributed by atoms with Crippen molar-refractivity contribution in [2.24, 2.45) is 0 Å². The highest BCUT2D eigenvalue weighted by Gasteiger charge is 2.32. The van der Waals surface area contributed by atoms with Crippen LogP contribution in [-0.2, 0) is 9.59 Å². The first kappa shape index (κ1) is 19.6. The van der Waals surface area contributed by atoms with Crippen LogP contribution in [-0.4, -0.2) is 73.5 Å². The number of nitrogens with zero attached hydrogens (tertiary/aromatic N) is 3. The Bertz CT molecular complexity index is 734. The second kappa shape index (κ2) is 8.71. The molecule has 1 fully saturated rings. The Hall–Kier alpha value is -2.13. The number of piperazine rings is 1. The molecule has 0 aromatic heterocycles. The largest absolute Gasteiger partial charge is 0.355 e. The van der Waals surface area contributed by atoms with E-state index < -0.39 is 0 Å². The SMILES string of the molecule is CCCNC(=O)CN1CCN(C(=O)N2CC(=O)Nc3cc(Br)ccc32)CC1. The predicted octanol–water partition coefficient (Wildman–Crippen LogP) is 1.47. The Balaban J connectivity index is 1.60. The topological polar surface area (TPSA) is 85.0 Å². The number of hydrogen-bond donors (Lipinski definition) is 2. The third-order valence-electron chi connectivity index (χ3n) is 4.64. The van der Waals surface area contributed by atoms with Gasteiger partial charge in [-0.3, -0.25) is 19.4 Å². The van der Waals surface area contributed by atoms with Gasteiger partial charge >= 0.3 is 6.03 Å². The van der Waals surface area contributed by atoms with Gasteiger partial charge in [0, 0.05) is 37.2 Å². The zero-order valence-electron chi connectivity index (χ0n) is 15.3. The average Bonchev–Trinajstić information content (AvgIpc) is 2.65. The first-order valence-corrected chi connectivity index (χ1v) is 9.92. The lowest BCUT2D eigenvalue weighted by molar-refractivity contribution is -0.122. The van der Waals surface area contributed by atoms with Gasteiger partial charge in [0.2, 0.25) is 11.8 Å². The molecule has 9 heteroatoms. The summed E-state index contributed by atoms with van der Waals surface area (Å²) in [5.74, 6) is -0.191. The molecule has 146 valence electrons. The molecule has 0 spiro atoms. The van der Waals surface area contributed by atoms with E-state index >= 15 is 0 Å². The van der Waals surface area contributed by atoms with E-state index in [2.05, 4.69) is 26.6 Å². The Morgan fingerprint density at radius 3 is 2.67 bits per heavy atom. The van der Waals surface area contributed by atoms with Crippen LogP contribution in [0.4, 0.5) is 16.2 Å². The van der Waals surface area contributed by atoms with Crippen molar-refractivity contribution in [3.05, 3.63) is 22.7 Å². The number of benzene rings is 1. The van der Waals surface area contributed by atoms with Crippen LogP contribution in [0.1, 0.15) is 13.3 Å². The Kier molecular flexibility index (Phi) is 6.33. The third-order valence-corrected chi connectivity index (χ3v) is 5.13. The van der Waals surface area contributed by atoms with Crippen molar-refractivity contribution in [1.82, 2.24) is 15.1 Å². The zero-order valence-corrected chi connectivity index (χ0v) is 16.9. The molecule has 2 heterocycles. The van der Waals surface area contributed by atoms with Gasteiger partial charge in [-0.05, 0) is 24.6 Å². The molecule has 2 aliphatic rings.